The predicted molar refractivity (Wildman–Crippen MR) is 85.0 cm³/mol. The zero-order valence-electron chi connectivity index (χ0n) is 12.6. The van der Waals surface area contributed by atoms with E-state index in [4.69, 9.17) is 4.52 Å². The molecule has 0 amide bonds. The Labute approximate surface area is 124 Å². The molecule has 0 aliphatic carbocycles. The topological polar surface area (TPSA) is 67.6 Å². The van der Waals surface area contributed by atoms with Crippen molar-refractivity contribution < 1.29 is 4.52 Å². The van der Waals surface area contributed by atoms with Gasteiger partial charge in [-0.3, -0.25) is 5.10 Å². The first-order chi connectivity index (χ1) is 9.93. The monoisotopic (exact) mass is 298 g/mol. The number of hydrogen-bond acceptors (Lipinski definition) is 4. The molecule has 0 spiro atoms. The van der Waals surface area contributed by atoms with E-state index in [0.717, 1.165) is 11.3 Å². The average Bonchev–Trinajstić information content (AvgIpc) is 3.06. The second-order valence-electron chi connectivity index (χ2n) is 6.19. The van der Waals surface area contributed by atoms with Gasteiger partial charge >= 0.3 is 0 Å². The normalized spacial score (nSPS) is 11.8. The Morgan fingerprint density at radius 2 is 1.81 bits per heavy atom. The first kappa shape index (κ1) is 13.8. The molecule has 0 saturated heterocycles. The summed E-state index contributed by atoms with van der Waals surface area (Å²) in [6.45, 7) is 8.92. The summed E-state index contributed by atoms with van der Waals surface area (Å²) < 4.78 is 5.28. The summed E-state index contributed by atoms with van der Waals surface area (Å²) in [4.78, 5) is 4.41. The zero-order valence-corrected chi connectivity index (χ0v) is 13.6. The van der Waals surface area contributed by atoms with Crippen LogP contribution in [0.5, 0.6) is 0 Å². The molecule has 21 heavy (non-hydrogen) atoms. The van der Waals surface area contributed by atoms with Crippen LogP contribution in [-0.2, 0) is 0 Å². The molecule has 2 aromatic heterocycles. The van der Waals surface area contributed by atoms with Crippen LogP contribution in [-0.4, -0.2) is 28.4 Å². The van der Waals surface area contributed by atoms with Crippen molar-refractivity contribution in [2.75, 3.05) is 0 Å². The largest absolute Gasteiger partial charge is 0.332 e. The van der Waals surface area contributed by atoms with E-state index in [1.165, 1.54) is 5.19 Å². The molecule has 2 heterocycles. The molecule has 0 radical (unpaired) electrons. The van der Waals surface area contributed by atoms with E-state index >= 15 is 0 Å². The molecule has 3 aromatic rings. The van der Waals surface area contributed by atoms with Crippen LogP contribution in [0.1, 0.15) is 5.69 Å². The molecule has 3 rings (SSSR count). The van der Waals surface area contributed by atoms with E-state index in [2.05, 4.69) is 64.2 Å². The minimum Gasteiger partial charge on any atom is -0.332 e. The summed E-state index contributed by atoms with van der Waals surface area (Å²) in [6, 6.07) is 10.3. The van der Waals surface area contributed by atoms with Gasteiger partial charge in [-0.1, -0.05) is 54.2 Å². The highest BCUT2D eigenvalue weighted by atomic mass is 28.3. The van der Waals surface area contributed by atoms with Crippen LogP contribution in [0.15, 0.2) is 34.9 Å². The number of nitrogens with zero attached hydrogens (tertiary/aromatic N) is 3. The number of benzene rings is 1. The summed E-state index contributed by atoms with van der Waals surface area (Å²) in [5.74, 6) is 1.02. The molecule has 108 valence electrons. The number of aryl methyl sites for hydroxylation is 1. The minimum absolute atomic E-state index is 0.434. The summed E-state index contributed by atoms with van der Waals surface area (Å²) in [6.07, 6.45) is 0. The molecule has 0 fully saturated rings. The Balaban J connectivity index is 1.90. The van der Waals surface area contributed by atoms with Gasteiger partial charge in [-0.05, 0) is 13.0 Å². The number of H-pyrrole nitrogens is 1. The molecular weight excluding hydrogens is 280 g/mol. The lowest BCUT2D eigenvalue weighted by molar-refractivity contribution is 0.431. The van der Waals surface area contributed by atoms with Gasteiger partial charge in [0.1, 0.15) is 0 Å². The Kier molecular flexibility index (Phi) is 3.25. The third kappa shape index (κ3) is 2.80. The van der Waals surface area contributed by atoms with Crippen LogP contribution in [0.25, 0.3) is 23.0 Å². The molecule has 0 saturated carbocycles. The van der Waals surface area contributed by atoms with Crippen LogP contribution in [0.4, 0.5) is 0 Å². The van der Waals surface area contributed by atoms with Crippen molar-refractivity contribution in [2.45, 2.75) is 26.6 Å². The number of aromatic amines is 1. The number of rotatable bonds is 3. The molecule has 0 aliphatic heterocycles. The van der Waals surface area contributed by atoms with Gasteiger partial charge in [0.05, 0.1) is 8.07 Å². The van der Waals surface area contributed by atoms with Crippen molar-refractivity contribution in [3.05, 3.63) is 36.0 Å². The Morgan fingerprint density at radius 3 is 2.38 bits per heavy atom. The second-order valence-corrected chi connectivity index (χ2v) is 11.3. The van der Waals surface area contributed by atoms with E-state index in [1.54, 1.807) is 0 Å². The maximum absolute atomic E-state index is 5.28. The molecule has 0 aliphatic rings. The van der Waals surface area contributed by atoms with Crippen molar-refractivity contribution in [3.63, 3.8) is 0 Å². The lowest BCUT2D eigenvalue weighted by atomic mass is 10.2. The first-order valence-electron chi connectivity index (χ1n) is 6.90. The number of nitrogens with one attached hydrogen (secondary N) is 1. The Bertz CT molecular complexity index is 753. The van der Waals surface area contributed by atoms with Crippen LogP contribution < -0.4 is 5.19 Å². The lowest BCUT2D eigenvalue weighted by Gasteiger charge is -2.16. The molecule has 0 atom stereocenters. The Hall–Kier alpha value is -2.21. The van der Waals surface area contributed by atoms with Gasteiger partial charge in [0.15, 0.2) is 5.69 Å². The summed E-state index contributed by atoms with van der Waals surface area (Å²) in [7, 11) is -1.28. The average molecular weight is 298 g/mol. The quantitative estimate of drug-likeness (QED) is 0.755. The van der Waals surface area contributed by atoms with Crippen LogP contribution in [0.3, 0.4) is 0 Å². The maximum Gasteiger partial charge on any atom is 0.278 e. The molecular formula is C15H18N4OSi. The highest BCUT2D eigenvalue weighted by molar-refractivity contribution is 6.88. The fraction of sp³-hybridized carbons (Fsp3) is 0.267. The first-order valence-corrected chi connectivity index (χ1v) is 10.4. The van der Waals surface area contributed by atoms with Crippen molar-refractivity contribution >= 4 is 13.3 Å². The minimum atomic E-state index is -1.28. The molecule has 6 heteroatoms. The highest BCUT2D eigenvalue weighted by Gasteiger charge is 2.17. The molecule has 1 N–H and O–H groups in total. The van der Waals surface area contributed by atoms with Gasteiger partial charge in [-0.15, -0.1) is 0 Å². The standard InChI is InChI=1S/C15H18N4OSi/c1-10-9-13(18-17-10)15-16-14(19-20-15)11-5-7-12(8-6-11)21(2,3)4/h5-9H,1-4H3,(H,17,18). The fourth-order valence-electron chi connectivity index (χ4n) is 2.09. The van der Waals surface area contributed by atoms with Crippen molar-refractivity contribution in [1.82, 2.24) is 20.3 Å². The van der Waals surface area contributed by atoms with Crippen molar-refractivity contribution in [3.8, 4) is 23.0 Å². The van der Waals surface area contributed by atoms with Crippen LogP contribution in [0, 0.1) is 6.92 Å². The summed E-state index contributed by atoms with van der Waals surface area (Å²) in [5, 5.41) is 12.4. The maximum atomic E-state index is 5.28. The smallest absolute Gasteiger partial charge is 0.278 e. The van der Waals surface area contributed by atoms with E-state index in [-0.39, 0.29) is 0 Å². The molecule has 5 nitrogen and oxygen atoms in total. The summed E-state index contributed by atoms with van der Waals surface area (Å²) in [5.41, 5.74) is 2.59. The van der Waals surface area contributed by atoms with Gasteiger partial charge < -0.3 is 4.52 Å². The lowest BCUT2D eigenvalue weighted by Crippen LogP contribution is -2.37. The van der Waals surface area contributed by atoms with E-state index < -0.39 is 8.07 Å². The fourth-order valence-corrected chi connectivity index (χ4v) is 3.26. The van der Waals surface area contributed by atoms with E-state index in [0.29, 0.717) is 17.4 Å². The number of aromatic nitrogens is 4. The number of hydrogen-bond donors (Lipinski definition) is 1. The van der Waals surface area contributed by atoms with Gasteiger partial charge in [-0.25, -0.2) is 0 Å². The third-order valence-corrected chi connectivity index (χ3v) is 5.43. The van der Waals surface area contributed by atoms with E-state index in [9.17, 15) is 0 Å². The molecule has 0 bridgehead atoms. The SMILES string of the molecule is Cc1cc(-c2nc(-c3ccc([Si](C)(C)C)cc3)no2)n[nH]1. The summed E-state index contributed by atoms with van der Waals surface area (Å²) >= 11 is 0. The van der Waals surface area contributed by atoms with Gasteiger partial charge in [0.2, 0.25) is 5.82 Å². The van der Waals surface area contributed by atoms with E-state index in [1.807, 2.05) is 13.0 Å². The zero-order chi connectivity index (χ0) is 15.0. The Morgan fingerprint density at radius 1 is 1.10 bits per heavy atom. The van der Waals surface area contributed by atoms with Gasteiger partial charge in [0, 0.05) is 11.3 Å². The predicted octanol–water partition coefficient (Wildman–Crippen LogP) is 2.98. The second kappa shape index (κ2) is 4.96. The van der Waals surface area contributed by atoms with Crippen LogP contribution >= 0.6 is 0 Å². The van der Waals surface area contributed by atoms with Gasteiger partial charge in [0.25, 0.3) is 5.89 Å². The van der Waals surface area contributed by atoms with Crippen molar-refractivity contribution in [1.29, 1.82) is 0 Å². The van der Waals surface area contributed by atoms with Crippen molar-refractivity contribution in [2.24, 2.45) is 0 Å². The van der Waals surface area contributed by atoms with Crippen LogP contribution in [0.2, 0.25) is 19.6 Å². The van der Waals surface area contributed by atoms with Gasteiger partial charge in [-0.2, -0.15) is 10.1 Å². The highest BCUT2D eigenvalue weighted by Crippen LogP contribution is 2.21. The third-order valence-electron chi connectivity index (χ3n) is 3.36. The molecule has 0 unspecified atom stereocenters. The molecule has 1 aromatic carbocycles.